The molecule has 0 bridgehead atoms. The van der Waals surface area contributed by atoms with Crippen molar-refractivity contribution in [3.05, 3.63) is 12.7 Å². The molecule has 0 aromatic carbocycles. The maximum absolute atomic E-state index is 12.4. The fourth-order valence-corrected chi connectivity index (χ4v) is 4.18. The van der Waals surface area contributed by atoms with Crippen LogP contribution in [0.25, 0.3) is 0 Å². The number of allylic oxidation sites excluding steroid dienone is 1. The molecule has 0 spiro atoms. The minimum Gasteiger partial charge on any atom is -0.399 e. The van der Waals surface area contributed by atoms with E-state index < -0.39 is 17.3 Å². The summed E-state index contributed by atoms with van der Waals surface area (Å²) in [6, 6.07) is 2.27. The van der Waals surface area contributed by atoms with E-state index in [4.69, 9.17) is 4.84 Å². The van der Waals surface area contributed by atoms with Crippen molar-refractivity contribution < 1.29 is 18.0 Å². The van der Waals surface area contributed by atoms with Gasteiger partial charge < -0.3 is 4.84 Å². The van der Waals surface area contributed by atoms with Crippen LogP contribution in [0.15, 0.2) is 17.8 Å². The van der Waals surface area contributed by atoms with E-state index in [0.29, 0.717) is 6.42 Å². The van der Waals surface area contributed by atoms with Gasteiger partial charge in [-0.3, -0.25) is 0 Å². The highest BCUT2D eigenvalue weighted by atomic mass is 32.2. The molecule has 0 radical (unpaired) electrons. The van der Waals surface area contributed by atoms with Crippen LogP contribution in [0.3, 0.4) is 0 Å². The van der Waals surface area contributed by atoms with Crippen molar-refractivity contribution in [1.82, 2.24) is 0 Å². The van der Waals surface area contributed by atoms with E-state index in [0.717, 1.165) is 43.2 Å². The fraction of sp³-hybridized carbons (Fsp3) is 0.733. The zero-order valence-electron chi connectivity index (χ0n) is 12.7. The molecule has 0 aromatic heterocycles. The fourth-order valence-electron chi connectivity index (χ4n) is 2.71. The topological polar surface area (TPSA) is 45.4 Å². The predicted molar refractivity (Wildman–Crippen MR) is 82.7 cm³/mol. The Morgan fingerprint density at radius 1 is 1.45 bits per heavy atom. The summed E-state index contributed by atoms with van der Waals surface area (Å²) in [5.74, 6) is -0.0509. The molecule has 1 aliphatic rings. The van der Waals surface area contributed by atoms with Crippen LogP contribution in [-0.2, 0) is 4.84 Å². The minimum absolute atomic E-state index is 0.0459. The van der Waals surface area contributed by atoms with Crippen LogP contribution in [0.5, 0.6) is 0 Å². The van der Waals surface area contributed by atoms with Gasteiger partial charge in [-0.2, -0.15) is 18.4 Å². The number of nitriles is 1. The first-order valence-electron chi connectivity index (χ1n) is 7.18. The van der Waals surface area contributed by atoms with Crippen LogP contribution in [-0.4, -0.2) is 29.5 Å². The van der Waals surface area contributed by atoms with Gasteiger partial charge in [0.25, 0.3) is 0 Å². The highest BCUT2D eigenvalue weighted by molar-refractivity contribution is 8.00. The summed E-state index contributed by atoms with van der Waals surface area (Å²) in [5.41, 5.74) is 0.949. The average Bonchev–Trinajstić information content (AvgIpc) is 2.46. The summed E-state index contributed by atoms with van der Waals surface area (Å²) in [6.45, 7) is 3.66. The summed E-state index contributed by atoms with van der Waals surface area (Å²) in [5, 5.41) is 13.5. The Kier molecular flexibility index (Phi) is 7.27. The Morgan fingerprint density at radius 3 is 2.55 bits per heavy atom. The lowest BCUT2D eigenvalue weighted by molar-refractivity contribution is -0.129. The van der Waals surface area contributed by atoms with E-state index in [1.54, 1.807) is 6.08 Å². The van der Waals surface area contributed by atoms with Gasteiger partial charge in [-0.25, -0.2) is 0 Å². The number of hydrogen-bond donors (Lipinski definition) is 0. The standard InChI is InChI=1S/C15H21F3N2OS/c1-3-8-14(11-19,22-10-9-15(16,17)18)12-4-6-13(7-5-12)20-21-2/h3,12H,1,4-10H2,2H3. The van der Waals surface area contributed by atoms with Crippen LogP contribution in [0.1, 0.15) is 38.5 Å². The molecule has 0 amide bonds. The zero-order chi connectivity index (χ0) is 16.6. The van der Waals surface area contributed by atoms with E-state index in [1.165, 1.54) is 7.11 Å². The van der Waals surface area contributed by atoms with Gasteiger partial charge >= 0.3 is 6.18 Å². The summed E-state index contributed by atoms with van der Waals surface area (Å²) < 4.78 is 36.2. The molecule has 124 valence electrons. The third-order valence-electron chi connectivity index (χ3n) is 3.82. The number of rotatable bonds is 7. The Bertz CT molecular complexity index is 435. The molecule has 1 atom stereocenters. The van der Waals surface area contributed by atoms with E-state index in [2.05, 4.69) is 17.8 Å². The molecule has 1 unspecified atom stereocenters. The molecule has 0 saturated heterocycles. The van der Waals surface area contributed by atoms with Gasteiger partial charge in [0.05, 0.1) is 18.2 Å². The summed E-state index contributed by atoms with van der Waals surface area (Å²) in [4.78, 5) is 4.75. The van der Waals surface area contributed by atoms with Crippen molar-refractivity contribution in [3.63, 3.8) is 0 Å². The van der Waals surface area contributed by atoms with Gasteiger partial charge in [-0.15, -0.1) is 18.3 Å². The van der Waals surface area contributed by atoms with Crippen LogP contribution in [0, 0.1) is 17.2 Å². The van der Waals surface area contributed by atoms with Crippen molar-refractivity contribution in [3.8, 4) is 6.07 Å². The van der Waals surface area contributed by atoms with Gasteiger partial charge in [-0.05, 0) is 38.0 Å². The number of oxime groups is 1. The second-order valence-electron chi connectivity index (χ2n) is 5.32. The first-order valence-corrected chi connectivity index (χ1v) is 8.17. The van der Waals surface area contributed by atoms with Gasteiger partial charge in [0.15, 0.2) is 0 Å². The van der Waals surface area contributed by atoms with Crippen LogP contribution in [0.2, 0.25) is 0 Å². The van der Waals surface area contributed by atoms with Crippen molar-refractivity contribution >= 4 is 17.5 Å². The molecular weight excluding hydrogens is 313 g/mol. The number of halogens is 3. The van der Waals surface area contributed by atoms with Crippen LogP contribution >= 0.6 is 11.8 Å². The predicted octanol–water partition coefficient (Wildman–Crippen LogP) is 4.70. The third-order valence-corrected chi connectivity index (χ3v) is 5.34. The second-order valence-corrected chi connectivity index (χ2v) is 6.75. The SMILES string of the molecule is C=CCC(C#N)(SCCC(F)(F)F)C1CCC(=NOC)CC1. The van der Waals surface area contributed by atoms with Crippen molar-refractivity contribution in [1.29, 1.82) is 5.26 Å². The highest BCUT2D eigenvalue weighted by Crippen LogP contribution is 2.44. The van der Waals surface area contributed by atoms with Crippen molar-refractivity contribution in [2.75, 3.05) is 12.9 Å². The Balaban J connectivity index is 2.73. The van der Waals surface area contributed by atoms with Gasteiger partial charge in [0.1, 0.15) is 11.9 Å². The molecule has 3 nitrogen and oxygen atoms in total. The van der Waals surface area contributed by atoms with Gasteiger partial charge in [0, 0.05) is 5.75 Å². The Morgan fingerprint density at radius 2 is 2.09 bits per heavy atom. The molecule has 1 aliphatic carbocycles. The average molecular weight is 334 g/mol. The quantitative estimate of drug-likeness (QED) is 0.500. The summed E-state index contributed by atoms with van der Waals surface area (Å²) in [6.07, 6.45) is -0.117. The maximum atomic E-state index is 12.4. The number of nitrogens with zero attached hydrogens (tertiary/aromatic N) is 2. The van der Waals surface area contributed by atoms with E-state index in [-0.39, 0.29) is 11.7 Å². The molecule has 1 saturated carbocycles. The first kappa shape index (κ1) is 18.9. The highest BCUT2D eigenvalue weighted by Gasteiger charge is 2.41. The zero-order valence-corrected chi connectivity index (χ0v) is 13.5. The molecule has 22 heavy (non-hydrogen) atoms. The molecular formula is C15H21F3N2OS. The lowest BCUT2D eigenvalue weighted by atomic mass is 9.78. The molecule has 7 heteroatoms. The largest absolute Gasteiger partial charge is 0.399 e. The monoisotopic (exact) mass is 334 g/mol. The van der Waals surface area contributed by atoms with Gasteiger partial charge in [0.2, 0.25) is 0 Å². The van der Waals surface area contributed by atoms with Crippen molar-refractivity contribution in [2.24, 2.45) is 11.1 Å². The number of alkyl halides is 3. The summed E-state index contributed by atoms with van der Waals surface area (Å²) in [7, 11) is 1.49. The van der Waals surface area contributed by atoms with Crippen LogP contribution < -0.4 is 0 Å². The lowest BCUT2D eigenvalue weighted by Gasteiger charge is -2.36. The maximum Gasteiger partial charge on any atom is 0.389 e. The molecule has 0 heterocycles. The normalized spacial score (nSPS) is 21.6. The molecule has 0 aliphatic heterocycles. The first-order chi connectivity index (χ1) is 10.4. The van der Waals surface area contributed by atoms with Gasteiger partial charge in [-0.1, -0.05) is 11.2 Å². The Hall–Kier alpha value is -1.16. The molecule has 1 fully saturated rings. The molecule has 1 rings (SSSR count). The lowest BCUT2D eigenvalue weighted by Crippen LogP contribution is -2.36. The molecule has 0 aromatic rings. The third kappa shape index (κ3) is 5.56. The molecule has 0 N–H and O–H groups in total. The van der Waals surface area contributed by atoms with Crippen molar-refractivity contribution in [2.45, 2.75) is 49.4 Å². The Labute approximate surface area is 133 Å². The number of hydrogen-bond acceptors (Lipinski definition) is 4. The van der Waals surface area contributed by atoms with E-state index >= 15 is 0 Å². The number of thioether (sulfide) groups is 1. The second kappa shape index (κ2) is 8.47. The summed E-state index contributed by atoms with van der Waals surface area (Å²) >= 11 is 1.12. The smallest absolute Gasteiger partial charge is 0.389 e. The minimum atomic E-state index is -4.19. The van der Waals surface area contributed by atoms with Crippen LogP contribution in [0.4, 0.5) is 13.2 Å². The van der Waals surface area contributed by atoms with E-state index in [9.17, 15) is 18.4 Å². The van der Waals surface area contributed by atoms with E-state index in [1.807, 2.05) is 0 Å².